The molecule has 1 N–H and O–H groups in total. The van der Waals surface area contributed by atoms with Crippen molar-refractivity contribution < 1.29 is 23.1 Å². The highest BCUT2D eigenvalue weighted by Crippen LogP contribution is 2.32. The van der Waals surface area contributed by atoms with Crippen molar-refractivity contribution in [2.24, 2.45) is 0 Å². The van der Waals surface area contributed by atoms with Crippen LogP contribution in [-0.2, 0) is 11.0 Å². The van der Waals surface area contributed by atoms with Gasteiger partial charge in [-0.1, -0.05) is 0 Å². The molecular weight excluding hydrogens is 287 g/mol. The van der Waals surface area contributed by atoms with Crippen molar-refractivity contribution in [3.05, 3.63) is 41.7 Å². The summed E-state index contributed by atoms with van der Waals surface area (Å²) in [6, 6.07) is 3.51. The van der Waals surface area contributed by atoms with Crippen LogP contribution >= 0.6 is 0 Å². The second kappa shape index (κ2) is 5.39. The van der Waals surface area contributed by atoms with Crippen LogP contribution in [0.4, 0.5) is 13.2 Å². The van der Waals surface area contributed by atoms with Crippen LogP contribution in [-0.4, -0.2) is 25.8 Å². The summed E-state index contributed by atoms with van der Waals surface area (Å²) in [4.78, 5) is 14.2. The Kier molecular flexibility index (Phi) is 3.79. The topological polar surface area (TPSA) is 68.0 Å². The Hall–Kier alpha value is -2.64. The van der Waals surface area contributed by atoms with Crippen LogP contribution < -0.4 is 0 Å². The zero-order chi connectivity index (χ0) is 15.6. The van der Waals surface area contributed by atoms with Crippen LogP contribution in [0.25, 0.3) is 17.6 Å². The smallest absolute Gasteiger partial charge is 0.416 e. The fraction of sp³-hybridized carbons (Fsp3) is 0.154. The molecule has 0 atom stereocenters. The second-order valence-electron chi connectivity index (χ2n) is 4.29. The molecular formula is C13H10F3N3O2. The Morgan fingerprint density at radius 3 is 2.67 bits per heavy atom. The highest BCUT2D eigenvalue weighted by Gasteiger charge is 2.31. The number of nitrogens with zero attached hydrogens (tertiary/aromatic N) is 3. The van der Waals surface area contributed by atoms with Crippen molar-refractivity contribution in [1.29, 1.82) is 0 Å². The molecule has 1 aromatic heterocycles. The number of hydrogen-bond acceptors (Lipinski definition) is 3. The van der Waals surface area contributed by atoms with E-state index in [4.69, 9.17) is 5.11 Å². The lowest BCUT2D eigenvalue weighted by Gasteiger charge is -2.09. The summed E-state index contributed by atoms with van der Waals surface area (Å²) >= 11 is 0. The zero-order valence-corrected chi connectivity index (χ0v) is 10.8. The Morgan fingerprint density at radius 2 is 2.05 bits per heavy atom. The summed E-state index contributed by atoms with van der Waals surface area (Å²) in [5.41, 5.74) is -0.142. The first kappa shape index (κ1) is 14.8. The number of aryl methyl sites for hydroxylation is 1. The molecule has 1 aromatic carbocycles. The molecule has 110 valence electrons. The van der Waals surface area contributed by atoms with Gasteiger partial charge in [0.2, 0.25) is 0 Å². The minimum absolute atomic E-state index is 0.0826. The predicted octanol–water partition coefficient (Wildman–Crippen LogP) is 2.83. The van der Waals surface area contributed by atoms with Gasteiger partial charge in [0.25, 0.3) is 0 Å². The number of alkyl halides is 3. The van der Waals surface area contributed by atoms with Crippen molar-refractivity contribution in [3.8, 4) is 11.4 Å². The van der Waals surface area contributed by atoms with Gasteiger partial charge in [-0.05, 0) is 30.7 Å². The van der Waals surface area contributed by atoms with Crippen LogP contribution in [0.5, 0.6) is 0 Å². The van der Waals surface area contributed by atoms with Gasteiger partial charge in [-0.2, -0.15) is 13.2 Å². The lowest BCUT2D eigenvalue weighted by atomic mass is 10.1. The first-order valence-electron chi connectivity index (χ1n) is 5.77. The maximum absolute atomic E-state index is 12.8. The summed E-state index contributed by atoms with van der Waals surface area (Å²) in [6.07, 6.45) is -1.26. The van der Waals surface area contributed by atoms with Gasteiger partial charge in [0, 0.05) is 17.8 Å². The largest absolute Gasteiger partial charge is 0.478 e. The molecule has 0 aliphatic heterocycles. The summed E-state index contributed by atoms with van der Waals surface area (Å²) < 4.78 is 39.4. The average molecular weight is 297 g/mol. The number of carboxylic acids is 1. The maximum Gasteiger partial charge on any atom is 0.416 e. The van der Waals surface area contributed by atoms with E-state index < -0.39 is 17.7 Å². The van der Waals surface area contributed by atoms with Crippen LogP contribution in [0.3, 0.4) is 0 Å². The van der Waals surface area contributed by atoms with E-state index in [-0.39, 0.29) is 11.4 Å². The third-order valence-electron chi connectivity index (χ3n) is 2.54. The molecule has 21 heavy (non-hydrogen) atoms. The Balaban J connectivity index is 2.39. The fourth-order valence-corrected chi connectivity index (χ4v) is 1.69. The second-order valence-corrected chi connectivity index (χ2v) is 4.29. The number of halogens is 3. The minimum Gasteiger partial charge on any atom is -0.478 e. The minimum atomic E-state index is -4.45. The molecule has 2 rings (SSSR count). The van der Waals surface area contributed by atoms with E-state index in [2.05, 4.69) is 10.1 Å². The number of rotatable bonds is 3. The lowest BCUT2D eigenvalue weighted by Crippen LogP contribution is -2.05. The summed E-state index contributed by atoms with van der Waals surface area (Å²) in [5.74, 6) is -1.08. The lowest BCUT2D eigenvalue weighted by molar-refractivity contribution is -0.137. The standard InChI is InChI=1S/C13H10F3N3O2/c1-8-4-9(6-10(5-8)13(14,15)16)12-17-7-19(18-12)3-2-11(20)21/h2-7H,1H3,(H,20,21)/b3-2-. The summed E-state index contributed by atoms with van der Waals surface area (Å²) in [7, 11) is 0. The summed E-state index contributed by atoms with van der Waals surface area (Å²) in [6.45, 7) is 1.54. The first-order chi connectivity index (χ1) is 9.75. The molecule has 0 aliphatic carbocycles. The van der Waals surface area contributed by atoms with Gasteiger partial charge < -0.3 is 5.11 Å². The van der Waals surface area contributed by atoms with Gasteiger partial charge in [-0.25, -0.2) is 14.5 Å². The highest BCUT2D eigenvalue weighted by atomic mass is 19.4. The SMILES string of the molecule is Cc1cc(-c2ncn(/C=C\C(=O)O)n2)cc(C(F)(F)F)c1. The normalized spacial score (nSPS) is 12.0. The fourth-order valence-electron chi connectivity index (χ4n) is 1.69. The molecule has 0 saturated carbocycles. The number of aliphatic carboxylic acids is 1. The highest BCUT2D eigenvalue weighted by molar-refractivity contribution is 5.82. The number of carbonyl (C=O) groups is 1. The van der Waals surface area contributed by atoms with Gasteiger partial charge in [0.15, 0.2) is 5.82 Å². The van der Waals surface area contributed by atoms with Gasteiger partial charge in [0.1, 0.15) is 6.33 Å². The van der Waals surface area contributed by atoms with E-state index in [0.717, 1.165) is 29.1 Å². The van der Waals surface area contributed by atoms with Crippen LogP contribution in [0.15, 0.2) is 30.6 Å². The van der Waals surface area contributed by atoms with E-state index in [1.165, 1.54) is 12.4 Å². The molecule has 8 heteroatoms. The van der Waals surface area contributed by atoms with Crippen LogP contribution in [0.2, 0.25) is 0 Å². The molecule has 0 aliphatic rings. The van der Waals surface area contributed by atoms with Crippen molar-refractivity contribution in [1.82, 2.24) is 14.8 Å². The third-order valence-corrected chi connectivity index (χ3v) is 2.54. The van der Waals surface area contributed by atoms with Crippen molar-refractivity contribution in [2.45, 2.75) is 13.1 Å². The zero-order valence-electron chi connectivity index (χ0n) is 10.8. The molecule has 0 fully saturated rings. The maximum atomic E-state index is 12.8. The molecule has 0 radical (unpaired) electrons. The number of hydrogen-bond donors (Lipinski definition) is 1. The molecule has 2 aromatic rings. The molecule has 5 nitrogen and oxygen atoms in total. The van der Waals surface area contributed by atoms with Gasteiger partial charge >= 0.3 is 12.1 Å². The number of carboxylic acid groups (broad SMARTS) is 1. The average Bonchev–Trinajstić information content (AvgIpc) is 2.83. The van der Waals surface area contributed by atoms with Gasteiger partial charge in [0.05, 0.1) is 5.56 Å². The number of benzene rings is 1. The molecule has 0 spiro atoms. The molecule has 1 heterocycles. The Bertz CT molecular complexity index is 705. The van der Waals surface area contributed by atoms with E-state index in [1.54, 1.807) is 6.92 Å². The Morgan fingerprint density at radius 1 is 1.33 bits per heavy atom. The van der Waals surface area contributed by atoms with Crippen LogP contribution in [0.1, 0.15) is 11.1 Å². The van der Waals surface area contributed by atoms with Crippen molar-refractivity contribution in [3.63, 3.8) is 0 Å². The van der Waals surface area contributed by atoms with Crippen molar-refractivity contribution >= 4 is 12.2 Å². The molecule has 0 amide bonds. The third kappa shape index (κ3) is 3.68. The van der Waals surface area contributed by atoms with E-state index >= 15 is 0 Å². The van der Waals surface area contributed by atoms with E-state index in [1.807, 2.05) is 0 Å². The summed E-state index contributed by atoms with van der Waals surface area (Å²) in [5, 5.41) is 12.4. The van der Waals surface area contributed by atoms with Crippen LogP contribution in [0, 0.1) is 6.92 Å². The van der Waals surface area contributed by atoms with E-state index in [0.29, 0.717) is 5.56 Å². The van der Waals surface area contributed by atoms with Crippen molar-refractivity contribution in [2.75, 3.05) is 0 Å². The molecule has 0 bridgehead atoms. The monoisotopic (exact) mass is 297 g/mol. The van der Waals surface area contributed by atoms with Gasteiger partial charge in [-0.3, -0.25) is 0 Å². The predicted molar refractivity (Wildman–Crippen MR) is 68.2 cm³/mol. The quantitative estimate of drug-likeness (QED) is 0.885. The first-order valence-corrected chi connectivity index (χ1v) is 5.77. The van der Waals surface area contributed by atoms with E-state index in [9.17, 15) is 18.0 Å². The molecule has 0 unspecified atom stereocenters. The molecule has 0 saturated heterocycles. The Labute approximate surface area is 117 Å². The number of aromatic nitrogens is 3. The van der Waals surface area contributed by atoms with Gasteiger partial charge in [-0.15, -0.1) is 5.10 Å².